The molecule has 4 aromatic rings. The van der Waals surface area contributed by atoms with Crippen molar-refractivity contribution in [1.29, 1.82) is 0 Å². The van der Waals surface area contributed by atoms with Crippen LogP contribution in [0, 0.1) is 0 Å². The minimum atomic E-state index is -4.48. The normalized spacial score (nSPS) is 15.3. The van der Waals surface area contributed by atoms with Gasteiger partial charge < -0.3 is 9.47 Å². The zero-order valence-corrected chi connectivity index (χ0v) is 28.5. The fourth-order valence-electron chi connectivity index (χ4n) is 4.91. The summed E-state index contributed by atoms with van der Waals surface area (Å²) in [5.74, 6) is -3.67. The van der Waals surface area contributed by atoms with Crippen LogP contribution in [0.4, 0.5) is 11.4 Å². The second-order valence-electron chi connectivity index (χ2n) is 9.84. The predicted octanol–water partition coefficient (Wildman–Crippen LogP) is 6.79. The average Bonchev–Trinajstić information content (AvgIpc) is 3.01. The lowest BCUT2D eigenvalue weighted by Crippen LogP contribution is -2.41. The van der Waals surface area contributed by atoms with Gasteiger partial charge in [0.2, 0.25) is 0 Å². The molecule has 0 atom stereocenters. The summed E-state index contributed by atoms with van der Waals surface area (Å²) in [6.45, 7) is 0. The number of para-hydroxylation sites is 2. The molecule has 1 aliphatic rings. The maximum atomic E-state index is 14.1. The van der Waals surface area contributed by atoms with Crippen LogP contribution < -0.4 is 19.3 Å². The summed E-state index contributed by atoms with van der Waals surface area (Å²) in [5, 5.41) is -0.106. The molecule has 0 aliphatic carbocycles. The van der Waals surface area contributed by atoms with Crippen LogP contribution >= 0.6 is 46.4 Å². The summed E-state index contributed by atoms with van der Waals surface area (Å²) in [7, 11) is -6.30. The van der Waals surface area contributed by atoms with E-state index in [0.29, 0.717) is 0 Å². The number of hydrogen-bond donors (Lipinski definition) is 0. The monoisotopic (exact) mass is 742 g/mol. The first-order valence-electron chi connectivity index (χ1n) is 13.0. The van der Waals surface area contributed by atoms with Gasteiger partial charge in [0.05, 0.1) is 55.5 Å². The van der Waals surface area contributed by atoms with Crippen molar-refractivity contribution in [2.45, 2.75) is 9.79 Å². The Balaban J connectivity index is 1.73. The molecule has 0 saturated heterocycles. The van der Waals surface area contributed by atoms with Crippen molar-refractivity contribution in [2.75, 3.05) is 35.8 Å². The van der Waals surface area contributed by atoms with Crippen LogP contribution in [-0.4, -0.2) is 54.6 Å². The number of nitrogens with zero attached hydrogens (tertiary/aromatic N) is 2. The van der Waals surface area contributed by atoms with Gasteiger partial charge in [-0.15, -0.1) is 0 Å². The Morgan fingerprint density at radius 3 is 1.20 bits per heavy atom. The van der Waals surface area contributed by atoms with Crippen molar-refractivity contribution in [3.63, 3.8) is 0 Å². The van der Waals surface area contributed by atoms with Gasteiger partial charge in [-0.05, 0) is 48.5 Å². The number of sulfone groups is 2. The fraction of sp³-hybridized carbons (Fsp3) is 0.133. The number of halogens is 4. The second kappa shape index (κ2) is 12.9. The third kappa shape index (κ3) is 6.25. The molecule has 1 heterocycles. The minimum Gasteiger partial charge on any atom is -0.494 e. The molecule has 10 nitrogen and oxygen atoms in total. The zero-order valence-electron chi connectivity index (χ0n) is 23.8. The maximum Gasteiger partial charge on any atom is 0.259 e. The van der Waals surface area contributed by atoms with Crippen LogP contribution in [-0.2, 0) is 19.7 Å². The molecular formula is C30H22Cl4N2O8S2. The highest BCUT2D eigenvalue weighted by Gasteiger charge is 2.37. The van der Waals surface area contributed by atoms with E-state index in [9.17, 15) is 26.4 Å². The van der Waals surface area contributed by atoms with E-state index in [1.807, 2.05) is 0 Å². The number of ether oxygens (including phenoxy) is 2. The van der Waals surface area contributed by atoms with Gasteiger partial charge in [0.1, 0.15) is 11.8 Å². The highest BCUT2D eigenvalue weighted by atomic mass is 35.5. The minimum absolute atomic E-state index is 0.0265. The van der Waals surface area contributed by atoms with Crippen LogP contribution in [0.25, 0.3) is 0 Å². The van der Waals surface area contributed by atoms with Crippen molar-refractivity contribution in [3.8, 4) is 11.5 Å². The number of anilines is 2. The van der Waals surface area contributed by atoms with Crippen LogP contribution in [0.3, 0.4) is 0 Å². The zero-order chi connectivity index (χ0) is 33.6. The van der Waals surface area contributed by atoms with E-state index in [-0.39, 0.29) is 54.1 Å². The van der Waals surface area contributed by atoms with E-state index >= 15 is 0 Å². The van der Waals surface area contributed by atoms with Gasteiger partial charge in [0.25, 0.3) is 11.8 Å². The van der Waals surface area contributed by atoms with Crippen molar-refractivity contribution in [3.05, 3.63) is 104 Å². The lowest BCUT2D eigenvalue weighted by molar-refractivity contribution is 0.0981. The molecule has 0 saturated carbocycles. The number of amides is 2. The third-order valence-electron chi connectivity index (χ3n) is 6.97. The Morgan fingerprint density at radius 2 is 0.891 bits per heavy atom. The molecule has 1 aliphatic heterocycles. The first kappa shape index (κ1) is 33.8. The maximum absolute atomic E-state index is 14.1. The summed E-state index contributed by atoms with van der Waals surface area (Å²) in [6.07, 6.45) is 0. The number of carbonyl (C=O) groups is 2. The third-order valence-corrected chi connectivity index (χ3v) is 11.3. The first-order chi connectivity index (χ1) is 21.7. The number of rotatable bonds is 4. The number of fused-ring (bicyclic) bond motifs is 2. The number of benzene rings is 4. The van der Waals surface area contributed by atoms with E-state index in [1.165, 1.54) is 87.0 Å². The molecule has 0 unspecified atom stereocenters. The molecular weight excluding hydrogens is 722 g/mol. The van der Waals surface area contributed by atoms with Crippen LogP contribution in [0.2, 0.25) is 20.1 Å². The molecule has 46 heavy (non-hydrogen) atoms. The van der Waals surface area contributed by atoms with Crippen molar-refractivity contribution in [1.82, 2.24) is 0 Å². The van der Waals surface area contributed by atoms with Crippen LogP contribution in [0.5, 0.6) is 11.5 Å². The Bertz CT molecular complexity index is 1930. The Hall–Kier alpha value is -3.52. The van der Waals surface area contributed by atoms with Gasteiger partial charge in [0, 0.05) is 11.1 Å². The molecule has 5 rings (SSSR count). The summed E-state index contributed by atoms with van der Waals surface area (Å²) in [6, 6.07) is 15.6. The van der Waals surface area contributed by atoms with E-state index in [0.717, 1.165) is 9.80 Å². The molecule has 16 heteroatoms. The van der Waals surface area contributed by atoms with E-state index in [1.54, 1.807) is 0 Å². The molecule has 0 bridgehead atoms. The van der Waals surface area contributed by atoms with Crippen LogP contribution in [0.15, 0.2) is 82.6 Å². The topological polar surface area (TPSA) is 127 Å². The largest absolute Gasteiger partial charge is 0.494 e. The molecule has 0 radical (unpaired) electrons. The summed E-state index contributed by atoms with van der Waals surface area (Å²) in [4.78, 5) is 28.9. The Kier molecular flexibility index (Phi) is 9.52. The molecule has 0 spiro atoms. The number of carbonyl (C=O) groups excluding carboxylic acids is 2. The van der Waals surface area contributed by atoms with E-state index in [4.69, 9.17) is 55.9 Å². The summed E-state index contributed by atoms with van der Waals surface area (Å²) >= 11 is 25.1. The second-order valence-corrected chi connectivity index (χ2v) is 15.3. The molecule has 0 N–H and O–H groups in total. The van der Waals surface area contributed by atoms with Crippen LogP contribution in [0.1, 0.15) is 20.7 Å². The number of hydrogen-bond acceptors (Lipinski definition) is 8. The van der Waals surface area contributed by atoms with Gasteiger partial charge in [-0.2, -0.15) is 0 Å². The lowest BCUT2D eigenvalue weighted by atomic mass is 10.1. The molecule has 0 aromatic heterocycles. The van der Waals surface area contributed by atoms with E-state index in [2.05, 4.69) is 0 Å². The van der Waals surface area contributed by atoms with Gasteiger partial charge in [-0.25, -0.2) is 16.8 Å². The standard InChI is InChI=1S/C30H22Cl4N2O8S2/c1-43-27-19(31)11-17(12-20(27)32)29(37)35-15-45(39,40)26-10-6-4-8-24(26)36(16-46(41,42)25-9-5-3-7-23(25)35)30(38)18-13-21(33)28(44-2)22(34)14-18/h3-14H,15-16H2,1-2H3. The molecule has 0 fully saturated rings. The van der Waals surface area contributed by atoms with Crippen molar-refractivity contribution in [2.24, 2.45) is 0 Å². The van der Waals surface area contributed by atoms with Crippen molar-refractivity contribution >= 4 is 89.3 Å². The Labute approximate surface area is 284 Å². The summed E-state index contributed by atoms with van der Waals surface area (Å²) < 4.78 is 66.9. The lowest BCUT2D eigenvalue weighted by Gasteiger charge is -2.30. The predicted molar refractivity (Wildman–Crippen MR) is 177 cm³/mol. The molecule has 2 amide bonds. The quantitative estimate of drug-likeness (QED) is 0.224. The number of methoxy groups -OCH3 is 2. The fourth-order valence-corrected chi connectivity index (χ4v) is 9.23. The SMILES string of the molecule is COc1c(Cl)cc(C(=O)N2CS(=O)(=O)c3ccccc3N(C(=O)c3cc(Cl)c(OC)c(Cl)c3)CS(=O)(=O)c3ccccc32)cc1Cl. The highest BCUT2D eigenvalue weighted by molar-refractivity contribution is 7.92. The van der Waals surface area contributed by atoms with Gasteiger partial charge in [-0.1, -0.05) is 70.7 Å². The molecule has 4 aromatic carbocycles. The first-order valence-corrected chi connectivity index (χ1v) is 17.8. The van der Waals surface area contributed by atoms with Gasteiger partial charge in [-0.3, -0.25) is 19.4 Å². The van der Waals surface area contributed by atoms with Crippen molar-refractivity contribution < 1.29 is 35.9 Å². The van der Waals surface area contributed by atoms with Gasteiger partial charge in [0.15, 0.2) is 31.2 Å². The average molecular weight is 744 g/mol. The smallest absolute Gasteiger partial charge is 0.259 e. The Morgan fingerprint density at radius 1 is 0.587 bits per heavy atom. The highest BCUT2D eigenvalue weighted by Crippen LogP contribution is 2.39. The van der Waals surface area contributed by atoms with E-state index < -0.39 is 53.0 Å². The van der Waals surface area contributed by atoms with Gasteiger partial charge >= 0.3 is 0 Å². The summed E-state index contributed by atoms with van der Waals surface area (Å²) in [5.41, 5.74) is -0.759. The molecule has 240 valence electrons.